The van der Waals surface area contributed by atoms with Gasteiger partial charge in [0, 0.05) is 19.0 Å². The van der Waals surface area contributed by atoms with Gasteiger partial charge in [0.05, 0.1) is 12.0 Å². The van der Waals surface area contributed by atoms with Crippen LogP contribution in [-0.4, -0.2) is 41.8 Å². The highest BCUT2D eigenvalue weighted by molar-refractivity contribution is 5.87. The molecule has 0 spiro atoms. The van der Waals surface area contributed by atoms with E-state index < -0.39 is 5.41 Å². The number of ether oxygens (including phenoxy) is 1. The molecule has 0 heterocycles. The molecule has 3 saturated carbocycles. The molecule has 0 aliphatic heterocycles. The van der Waals surface area contributed by atoms with Crippen molar-refractivity contribution in [1.29, 1.82) is 0 Å². The summed E-state index contributed by atoms with van der Waals surface area (Å²) in [6.45, 7) is 2.71. The monoisotopic (exact) mass is 467 g/mol. The molecule has 190 valence electrons. The highest BCUT2D eigenvalue weighted by Crippen LogP contribution is 2.67. The Bertz CT molecular complexity index is 605. The first-order valence-corrected chi connectivity index (χ1v) is 13.1. The summed E-state index contributed by atoms with van der Waals surface area (Å²) in [6, 6.07) is -0.144. The molecule has 3 aliphatic rings. The van der Waals surface area contributed by atoms with Gasteiger partial charge < -0.3 is 15.4 Å². The molecule has 8 nitrogen and oxygen atoms in total. The second-order valence-electron chi connectivity index (χ2n) is 10.2. The van der Waals surface area contributed by atoms with Crippen LogP contribution < -0.4 is 16.1 Å². The molecule has 0 unspecified atom stereocenters. The van der Waals surface area contributed by atoms with E-state index in [1.54, 1.807) is 5.48 Å². The fourth-order valence-corrected chi connectivity index (χ4v) is 5.33. The zero-order chi connectivity index (χ0) is 24.0. The summed E-state index contributed by atoms with van der Waals surface area (Å²) >= 11 is 0. The third-order valence-corrected chi connectivity index (χ3v) is 7.15. The zero-order valence-electron chi connectivity index (χ0n) is 20.5. The summed E-state index contributed by atoms with van der Waals surface area (Å²) in [7, 11) is 0. The lowest BCUT2D eigenvalue weighted by molar-refractivity contribution is -0.185. The zero-order valence-corrected chi connectivity index (χ0v) is 20.5. The third kappa shape index (κ3) is 9.51. The van der Waals surface area contributed by atoms with E-state index in [1.165, 1.54) is 71.1 Å². The Morgan fingerprint density at radius 1 is 0.758 bits per heavy atom. The molecule has 3 amide bonds. The lowest BCUT2D eigenvalue weighted by atomic mass is 9.39. The molecule has 33 heavy (non-hydrogen) atoms. The van der Waals surface area contributed by atoms with Crippen molar-refractivity contribution in [2.45, 2.75) is 122 Å². The van der Waals surface area contributed by atoms with Gasteiger partial charge in [-0.1, -0.05) is 77.0 Å². The highest BCUT2D eigenvalue weighted by Gasteiger charge is 2.72. The summed E-state index contributed by atoms with van der Waals surface area (Å²) in [4.78, 5) is 34.2. The summed E-state index contributed by atoms with van der Waals surface area (Å²) < 4.78 is 4.93. The van der Waals surface area contributed by atoms with E-state index in [2.05, 4.69) is 10.6 Å². The topological polar surface area (TPSA) is 117 Å². The SMILES string of the molecule is CC(=O)OCCCCCCCCCCCCCCCCNC(=O)NC12CC(C(=O)NO)(C1)C2. The van der Waals surface area contributed by atoms with Crippen molar-refractivity contribution in [3.05, 3.63) is 0 Å². The average Bonchev–Trinajstić information content (AvgIpc) is 2.73. The molecule has 0 aromatic heterocycles. The van der Waals surface area contributed by atoms with Gasteiger partial charge in [-0.3, -0.25) is 14.8 Å². The van der Waals surface area contributed by atoms with Crippen molar-refractivity contribution in [2.24, 2.45) is 5.41 Å². The molecule has 3 aliphatic carbocycles. The van der Waals surface area contributed by atoms with Gasteiger partial charge in [0.15, 0.2) is 0 Å². The molecule has 0 aromatic carbocycles. The number of hydrogen-bond donors (Lipinski definition) is 4. The lowest BCUT2D eigenvalue weighted by Crippen LogP contribution is -2.78. The largest absolute Gasteiger partial charge is 0.466 e. The minimum Gasteiger partial charge on any atom is -0.466 e. The Kier molecular flexibility index (Phi) is 12.0. The van der Waals surface area contributed by atoms with Crippen LogP contribution in [0.2, 0.25) is 0 Å². The number of urea groups is 1. The summed E-state index contributed by atoms with van der Waals surface area (Å²) in [6.07, 6.45) is 19.1. The Morgan fingerprint density at radius 3 is 1.67 bits per heavy atom. The number of unbranched alkanes of at least 4 members (excludes halogenated alkanes) is 13. The molecule has 0 radical (unpaired) electrons. The van der Waals surface area contributed by atoms with E-state index in [0.717, 1.165) is 25.7 Å². The van der Waals surface area contributed by atoms with E-state index in [-0.39, 0.29) is 23.4 Å². The van der Waals surface area contributed by atoms with Crippen molar-refractivity contribution < 1.29 is 24.3 Å². The van der Waals surface area contributed by atoms with E-state index in [9.17, 15) is 14.4 Å². The molecule has 8 heteroatoms. The predicted molar refractivity (Wildman–Crippen MR) is 127 cm³/mol. The predicted octanol–water partition coefficient (Wildman–Crippen LogP) is 4.74. The number of carbonyl (C=O) groups is 3. The van der Waals surface area contributed by atoms with Gasteiger partial charge >= 0.3 is 12.0 Å². The Hall–Kier alpha value is -1.83. The van der Waals surface area contributed by atoms with Crippen LogP contribution in [0.5, 0.6) is 0 Å². The Labute approximate surface area is 198 Å². The molecule has 4 N–H and O–H groups in total. The summed E-state index contributed by atoms with van der Waals surface area (Å²) in [5.74, 6) is -0.507. The highest BCUT2D eigenvalue weighted by atomic mass is 16.5. The van der Waals surface area contributed by atoms with Gasteiger partial charge in [-0.25, -0.2) is 10.3 Å². The number of rotatable bonds is 19. The Morgan fingerprint density at radius 2 is 1.21 bits per heavy atom. The Balaban J connectivity index is 1.26. The van der Waals surface area contributed by atoms with Gasteiger partial charge in [-0.2, -0.15) is 0 Å². The van der Waals surface area contributed by atoms with Crippen molar-refractivity contribution in [2.75, 3.05) is 13.2 Å². The molecule has 2 bridgehead atoms. The van der Waals surface area contributed by atoms with E-state index in [0.29, 0.717) is 32.4 Å². The number of amides is 3. The molecule has 3 rings (SSSR count). The summed E-state index contributed by atoms with van der Waals surface area (Å²) in [5, 5.41) is 14.7. The first-order chi connectivity index (χ1) is 15.9. The second kappa shape index (κ2) is 14.4. The quantitative estimate of drug-likeness (QED) is 0.0947. The van der Waals surface area contributed by atoms with Gasteiger partial charge in [0.2, 0.25) is 5.91 Å². The first kappa shape index (κ1) is 27.4. The van der Waals surface area contributed by atoms with Crippen LogP contribution in [0.4, 0.5) is 4.79 Å². The van der Waals surface area contributed by atoms with Crippen molar-refractivity contribution >= 4 is 17.9 Å². The third-order valence-electron chi connectivity index (χ3n) is 7.15. The smallest absolute Gasteiger partial charge is 0.315 e. The summed E-state index contributed by atoms with van der Waals surface area (Å²) in [5.41, 5.74) is 1.05. The van der Waals surface area contributed by atoms with Crippen LogP contribution in [-0.2, 0) is 14.3 Å². The van der Waals surface area contributed by atoms with Gasteiger partial charge in [-0.15, -0.1) is 0 Å². The molecule has 3 fully saturated rings. The minimum atomic E-state index is -0.448. The van der Waals surface area contributed by atoms with Crippen LogP contribution in [0.15, 0.2) is 0 Å². The van der Waals surface area contributed by atoms with Gasteiger partial charge in [0.25, 0.3) is 0 Å². The maximum absolute atomic E-state index is 12.0. The maximum atomic E-state index is 12.0. The van der Waals surface area contributed by atoms with Crippen LogP contribution in [0.25, 0.3) is 0 Å². The fourth-order valence-electron chi connectivity index (χ4n) is 5.33. The van der Waals surface area contributed by atoms with Crippen LogP contribution in [0.1, 0.15) is 116 Å². The van der Waals surface area contributed by atoms with E-state index >= 15 is 0 Å². The van der Waals surface area contributed by atoms with E-state index in [4.69, 9.17) is 9.94 Å². The average molecular weight is 468 g/mol. The van der Waals surface area contributed by atoms with Crippen molar-refractivity contribution in [3.63, 3.8) is 0 Å². The molecular formula is C25H45N3O5. The van der Waals surface area contributed by atoms with Crippen molar-refractivity contribution in [1.82, 2.24) is 16.1 Å². The fraction of sp³-hybridized carbons (Fsp3) is 0.880. The minimum absolute atomic E-state index is 0.144. The lowest BCUT2D eigenvalue weighted by Gasteiger charge is -2.68. The normalized spacial score (nSPS) is 22.6. The van der Waals surface area contributed by atoms with Crippen LogP contribution in [0, 0.1) is 5.41 Å². The van der Waals surface area contributed by atoms with Crippen LogP contribution in [0.3, 0.4) is 0 Å². The number of carbonyl (C=O) groups excluding carboxylic acids is 3. The number of hydrogen-bond acceptors (Lipinski definition) is 5. The van der Waals surface area contributed by atoms with Gasteiger partial charge in [0.1, 0.15) is 0 Å². The maximum Gasteiger partial charge on any atom is 0.315 e. The number of esters is 1. The second-order valence-corrected chi connectivity index (χ2v) is 10.2. The van der Waals surface area contributed by atoms with Gasteiger partial charge in [-0.05, 0) is 32.1 Å². The molecule has 0 saturated heterocycles. The molecular weight excluding hydrogens is 422 g/mol. The molecule has 0 aromatic rings. The standard InChI is InChI=1S/C25H45N3O5/c1-21(29)33-17-15-13-11-9-7-5-3-2-4-6-8-10-12-14-16-26-23(31)27-25-18-24(19-25,20-25)22(30)28-32/h32H,2-20H2,1H3,(H,28,30)(H2,26,27,31). The van der Waals surface area contributed by atoms with E-state index in [1.807, 2.05) is 0 Å². The number of hydroxylamine groups is 1. The first-order valence-electron chi connectivity index (χ1n) is 13.1. The van der Waals surface area contributed by atoms with Crippen molar-refractivity contribution in [3.8, 4) is 0 Å². The van der Waals surface area contributed by atoms with Crippen LogP contribution >= 0.6 is 0 Å². The number of nitrogens with one attached hydrogen (secondary N) is 3. The molecule has 0 atom stereocenters.